The summed E-state index contributed by atoms with van der Waals surface area (Å²) in [6.07, 6.45) is -0.690. The molecule has 5 heteroatoms. The quantitative estimate of drug-likeness (QED) is 0.853. The van der Waals surface area contributed by atoms with Crippen molar-refractivity contribution in [1.82, 2.24) is 4.98 Å². The lowest BCUT2D eigenvalue weighted by Gasteiger charge is -2.21. The van der Waals surface area contributed by atoms with E-state index in [-0.39, 0.29) is 6.54 Å². The molecule has 3 nitrogen and oxygen atoms in total. The van der Waals surface area contributed by atoms with Crippen molar-refractivity contribution in [3.8, 4) is 0 Å². The molecule has 0 spiro atoms. The zero-order valence-corrected chi connectivity index (χ0v) is 10.3. The Morgan fingerprint density at radius 2 is 2.06 bits per heavy atom. The van der Waals surface area contributed by atoms with Crippen molar-refractivity contribution in [3.05, 3.63) is 30.1 Å². The van der Waals surface area contributed by atoms with Crippen LogP contribution in [0.5, 0.6) is 0 Å². The Morgan fingerprint density at radius 3 is 2.72 bits per heavy atom. The third kappa shape index (κ3) is 2.34. The van der Waals surface area contributed by atoms with Gasteiger partial charge in [-0.3, -0.25) is 4.98 Å². The molecule has 0 aliphatic carbocycles. The number of anilines is 2. The van der Waals surface area contributed by atoms with Gasteiger partial charge in [0.1, 0.15) is 0 Å². The van der Waals surface area contributed by atoms with Crippen LogP contribution in [-0.4, -0.2) is 25.0 Å². The Bertz CT molecular complexity index is 569. The number of nitrogen functional groups attached to an aromatic ring is 1. The topological polar surface area (TPSA) is 42.1 Å². The minimum absolute atomic E-state index is 0.305. The minimum atomic E-state index is -2.37. The number of benzene rings is 1. The molecule has 0 amide bonds. The third-order valence-corrected chi connectivity index (χ3v) is 2.87. The van der Waals surface area contributed by atoms with E-state index in [1.54, 1.807) is 25.4 Å². The van der Waals surface area contributed by atoms with E-state index in [0.29, 0.717) is 5.69 Å². The summed E-state index contributed by atoms with van der Waals surface area (Å²) < 4.78 is 24.9. The van der Waals surface area contributed by atoms with E-state index in [0.717, 1.165) is 22.2 Å². The van der Waals surface area contributed by atoms with Crippen LogP contribution in [0.3, 0.4) is 0 Å². The van der Waals surface area contributed by atoms with Crippen LogP contribution in [0.1, 0.15) is 5.69 Å². The van der Waals surface area contributed by atoms with Crippen molar-refractivity contribution in [3.63, 3.8) is 0 Å². The normalized spacial score (nSPS) is 11.2. The van der Waals surface area contributed by atoms with Gasteiger partial charge in [0.05, 0.1) is 6.54 Å². The standard InChI is InChI=1S/C13H15F2N3/c1-8-5-9-10(6-17-8)11(16)3-4-12(9)18(2)7-13(14)15/h3-6,13H,7,16H2,1-2H3. The Labute approximate surface area is 104 Å². The monoisotopic (exact) mass is 251 g/mol. The van der Waals surface area contributed by atoms with E-state index in [2.05, 4.69) is 4.98 Å². The van der Waals surface area contributed by atoms with Gasteiger partial charge in [-0.2, -0.15) is 0 Å². The Morgan fingerprint density at radius 1 is 1.33 bits per heavy atom. The number of pyridine rings is 1. The van der Waals surface area contributed by atoms with Gasteiger partial charge in [-0.1, -0.05) is 0 Å². The summed E-state index contributed by atoms with van der Waals surface area (Å²) in [7, 11) is 1.65. The van der Waals surface area contributed by atoms with Gasteiger partial charge in [-0.15, -0.1) is 0 Å². The van der Waals surface area contributed by atoms with Gasteiger partial charge in [0, 0.05) is 41.1 Å². The maximum absolute atomic E-state index is 12.5. The molecule has 0 fully saturated rings. The van der Waals surface area contributed by atoms with Crippen molar-refractivity contribution in [1.29, 1.82) is 0 Å². The second kappa shape index (κ2) is 4.76. The largest absolute Gasteiger partial charge is 0.398 e. The molecule has 0 bridgehead atoms. The lowest BCUT2D eigenvalue weighted by molar-refractivity contribution is 0.156. The van der Waals surface area contributed by atoms with Crippen LogP contribution in [0, 0.1) is 6.92 Å². The summed E-state index contributed by atoms with van der Waals surface area (Å²) in [6.45, 7) is 1.56. The van der Waals surface area contributed by atoms with Crippen molar-refractivity contribution in [2.45, 2.75) is 13.3 Å². The van der Waals surface area contributed by atoms with Gasteiger partial charge in [-0.25, -0.2) is 8.78 Å². The van der Waals surface area contributed by atoms with Crippen molar-refractivity contribution < 1.29 is 8.78 Å². The molecule has 1 aromatic heterocycles. The van der Waals surface area contributed by atoms with Crippen LogP contribution >= 0.6 is 0 Å². The fourth-order valence-electron chi connectivity index (χ4n) is 1.99. The highest BCUT2D eigenvalue weighted by molar-refractivity contribution is 6.01. The summed E-state index contributed by atoms with van der Waals surface area (Å²) in [4.78, 5) is 5.72. The van der Waals surface area contributed by atoms with Crippen molar-refractivity contribution in [2.75, 3.05) is 24.2 Å². The number of rotatable bonds is 3. The van der Waals surface area contributed by atoms with Crippen LogP contribution in [0.25, 0.3) is 10.8 Å². The lowest BCUT2D eigenvalue weighted by Crippen LogP contribution is -2.24. The summed E-state index contributed by atoms with van der Waals surface area (Å²) in [5.41, 5.74) is 8.05. The second-order valence-corrected chi connectivity index (χ2v) is 4.32. The summed E-state index contributed by atoms with van der Waals surface area (Å²) >= 11 is 0. The maximum atomic E-state index is 12.5. The van der Waals surface area contributed by atoms with Crippen molar-refractivity contribution in [2.24, 2.45) is 0 Å². The molecule has 0 atom stereocenters. The van der Waals surface area contributed by atoms with Gasteiger partial charge < -0.3 is 10.6 Å². The first kappa shape index (κ1) is 12.5. The summed E-state index contributed by atoms with van der Waals surface area (Å²) in [5, 5.41) is 1.64. The number of aromatic nitrogens is 1. The molecule has 1 aromatic carbocycles. The molecule has 1 heterocycles. The van der Waals surface area contributed by atoms with E-state index in [1.165, 1.54) is 4.90 Å². The number of aryl methyl sites for hydroxylation is 1. The van der Waals surface area contributed by atoms with E-state index in [9.17, 15) is 8.78 Å². The van der Waals surface area contributed by atoms with Gasteiger partial charge in [-0.05, 0) is 25.1 Å². The average Bonchev–Trinajstić information content (AvgIpc) is 2.28. The number of nitrogens with two attached hydrogens (primary N) is 1. The van der Waals surface area contributed by atoms with E-state index >= 15 is 0 Å². The Kier molecular flexibility index (Phi) is 3.32. The fourth-order valence-corrected chi connectivity index (χ4v) is 1.99. The second-order valence-electron chi connectivity index (χ2n) is 4.32. The molecule has 2 aromatic rings. The minimum Gasteiger partial charge on any atom is -0.398 e. The molecule has 0 unspecified atom stereocenters. The zero-order valence-electron chi connectivity index (χ0n) is 10.3. The molecule has 0 aliphatic heterocycles. The molecule has 2 N–H and O–H groups in total. The van der Waals surface area contributed by atoms with Crippen molar-refractivity contribution >= 4 is 22.1 Å². The molecule has 0 aliphatic rings. The Hall–Kier alpha value is -1.91. The smallest absolute Gasteiger partial charge is 0.255 e. The molecule has 96 valence electrons. The first-order valence-electron chi connectivity index (χ1n) is 5.63. The number of fused-ring (bicyclic) bond motifs is 1. The van der Waals surface area contributed by atoms with Gasteiger partial charge in [0.2, 0.25) is 0 Å². The SMILES string of the molecule is Cc1cc2c(N(C)CC(F)F)ccc(N)c2cn1. The Balaban J connectivity index is 2.57. The summed E-state index contributed by atoms with van der Waals surface area (Å²) in [6, 6.07) is 5.35. The predicted octanol–water partition coefficient (Wildman–Crippen LogP) is 2.83. The number of hydrogen-bond acceptors (Lipinski definition) is 3. The van der Waals surface area contributed by atoms with E-state index < -0.39 is 6.43 Å². The van der Waals surface area contributed by atoms with Gasteiger partial charge >= 0.3 is 0 Å². The number of hydrogen-bond donors (Lipinski definition) is 1. The molecule has 18 heavy (non-hydrogen) atoms. The average molecular weight is 251 g/mol. The molecule has 0 saturated heterocycles. The number of halogens is 2. The highest BCUT2D eigenvalue weighted by atomic mass is 19.3. The number of alkyl halides is 2. The summed E-state index contributed by atoms with van der Waals surface area (Å²) in [5.74, 6) is 0. The zero-order chi connectivity index (χ0) is 13.3. The number of nitrogens with zero attached hydrogens (tertiary/aromatic N) is 2. The molecular formula is C13H15F2N3. The first-order chi connectivity index (χ1) is 8.49. The third-order valence-electron chi connectivity index (χ3n) is 2.87. The van der Waals surface area contributed by atoms with Crippen LogP contribution in [0.15, 0.2) is 24.4 Å². The highest BCUT2D eigenvalue weighted by Crippen LogP contribution is 2.30. The van der Waals surface area contributed by atoms with Gasteiger partial charge in [0.15, 0.2) is 0 Å². The van der Waals surface area contributed by atoms with Crippen LogP contribution in [0.4, 0.5) is 20.2 Å². The molecule has 0 saturated carbocycles. The fraction of sp³-hybridized carbons (Fsp3) is 0.308. The van der Waals surface area contributed by atoms with Gasteiger partial charge in [0.25, 0.3) is 6.43 Å². The molecule has 2 rings (SSSR count). The van der Waals surface area contributed by atoms with E-state index in [1.807, 2.05) is 13.0 Å². The first-order valence-corrected chi connectivity index (χ1v) is 5.63. The highest BCUT2D eigenvalue weighted by Gasteiger charge is 2.12. The van der Waals surface area contributed by atoms with E-state index in [4.69, 9.17) is 5.73 Å². The van der Waals surface area contributed by atoms with Crippen LogP contribution in [0.2, 0.25) is 0 Å². The molecule has 0 radical (unpaired) electrons. The van der Waals surface area contributed by atoms with Crippen LogP contribution in [-0.2, 0) is 0 Å². The maximum Gasteiger partial charge on any atom is 0.255 e. The predicted molar refractivity (Wildman–Crippen MR) is 70.2 cm³/mol. The lowest BCUT2D eigenvalue weighted by atomic mass is 10.1. The molecular weight excluding hydrogens is 236 g/mol. The van der Waals surface area contributed by atoms with Crippen LogP contribution < -0.4 is 10.6 Å².